The summed E-state index contributed by atoms with van der Waals surface area (Å²) in [6.45, 7) is 0. The van der Waals surface area contributed by atoms with Gasteiger partial charge in [0.05, 0.1) is 12.1 Å². The largest absolute Gasteiger partial charge is 0.497 e. The van der Waals surface area contributed by atoms with E-state index in [2.05, 4.69) is 6.07 Å². The van der Waals surface area contributed by atoms with Crippen molar-refractivity contribution >= 4 is 11.6 Å². The van der Waals surface area contributed by atoms with E-state index < -0.39 is 5.82 Å². The Bertz CT molecular complexity index is 237. The lowest BCUT2D eigenvalue weighted by Crippen LogP contribution is -1.83. The molecule has 1 aromatic rings. The van der Waals surface area contributed by atoms with E-state index in [0.717, 1.165) is 0 Å². The number of benzene rings is 1. The Balaban J connectivity index is 3.04. The second-order valence-corrected chi connectivity index (χ2v) is 2.11. The van der Waals surface area contributed by atoms with Crippen molar-refractivity contribution < 1.29 is 9.13 Å². The van der Waals surface area contributed by atoms with E-state index >= 15 is 0 Å². The SMILES string of the molecule is COc1c[c]c(F)c(Cl)c1. The maximum absolute atomic E-state index is 12.4. The first-order chi connectivity index (χ1) is 4.74. The van der Waals surface area contributed by atoms with Gasteiger partial charge in [0.15, 0.2) is 0 Å². The average molecular weight is 160 g/mol. The highest BCUT2D eigenvalue weighted by Crippen LogP contribution is 2.19. The maximum atomic E-state index is 12.4. The highest BCUT2D eigenvalue weighted by molar-refractivity contribution is 6.30. The van der Waals surface area contributed by atoms with Gasteiger partial charge in [0.1, 0.15) is 11.6 Å². The predicted molar refractivity (Wildman–Crippen MR) is 36.8 cm³/mol. The maximum Gasteiger partial charge on any atom is 0.149 e. The smallest absolute Gasteiger partial charge is 0.149 e. The van der Waals surface area contributed by atoms with E-state index in [4.69, 9.17) is 16.3 Å². The topological polar surface area (TPSA) is 9.23 Å². The molecule has 0 fully saturated rings. The van der Waals surface area contributed by atoms with Crippen LogP contribution < -0.4 is 4.74 Å². The third-order valence-electron chi connectivity index (χ3n) is 1.06. The van der Waals surface area contributed by atoms with Crippen molar-refractivity contribution in [1.82, 2.24) is 0 Å². The van der Waals surface area contributed by atoms with Crippen molar-refractivity contribution in [3.8, 4) is 5.75 Å². The highest BCUT2D eigenvalue weighted by Gasteiger charge is 1.99. The fraction of sp³-hybridized carbons (Fsp3) is 0.143. The van der Waals surface area contributed by atoms with E-state index in [1.54, 1.807) is 0 Å². The normalized spacial score (nSPS) is 9.50. The van der Waals surface area contributed by atoms with E-state index in [-0.39, 0.29) is 5.02 Å². The molecule has 0 aromatic heterocycles. The molecule has 0 N–H and O–H groups in total. The standard InChI is InChI=1S/C7H5ClFO/c1-10-5-2-3-7(9)6(8)4-5/h2,4H,1H3. The molecule has 1 radical (unpaired) electrons. The summed E-state index contributed by atoms with van der Waals surface area (Å²) in [5.41, 5.74) is 0. The second kappa shape index (κ2) is 2.88. The lowest BCUT2D eigenvalue weighted by Gasteiger charge is -1.98. The van der Waals surface area contributed by atoms with Crippen LogP contribution in [0.5, 0.6) is 5.75 Å². The third kappa shape index (κ3) is 1.39. The van der Waals surface area contributed by atoms with Crippen LogP contribution in [-0.4, -0.2) is 7.11 Å². The minimum Gasteiger partial charge on any atom is -0.497 e. The Morgan fingerprint density at radius 2 is 2.40 bits per heavy atom. The molecule has 0 amide bonds. The number of halogens is 2. The zero-order valence-corrected chi connectivity index (χ0v) is 6.07. The van der Waals surface area contributed by atoms with Gasteiger partial charge in [-0.2, -0.15) is 0 Å². The molecule has 53 valence electrons. The van der Waals surface area contributed by atoms with Gasteiger partial charge in [-0.05, 0) is 6.07 Å². The molecule has 1 nitrogen and oxygen atoms in total. The van der Waals surface area contributed by atoms with Crippen LogP contribution in [0, 0.1) is 11.9 Å². The van der Waals surface area contributed by atoms with Gasteiger partial charge in [-0.15, -0.1) is 0 Å². The molecule has 0 saturated carbocycles. The Morgan fingerprint density at radius 3 is 2.90 bits per heavy atom. The molecular formula is C7H5ClFO. The number of rotatable bonds is 1. The molecule has 3 heteroatoms. The zero-order chi connectivity index (χ0) is 7.56. The van der Waals surface area contributed by atoms with Crippen LogP contribution in [0.2, 0.25) is 5.02 Å². The molecule has 0 aliphatic rings. The van der Waals surface area contributed by atoms with Crippen LogP contribution in [-0.2, 0) is 0 Å². The van der Waals surface area contributed by atoms with Crippen molar-refractivity contribution in [2.24, 2.45) is 0 Å². The first-order valence-corrected chi connectivity index (χ1v) is 3.02. The summed E-state index contributed by atoms with van der Waals surface area (Å²) in [5.74, 6) is -0.0473. The number of ether oxygens (including phenoxy) is 1. The van der Waals surface area contributed by atoms with E-state index in [1.165, 1.54) is 19.2 Å². The van der Waals surface area contributed by atoms with Gasteiger partial charge in [-0.25, -0.2) is 4.39 Å². The lowest BCUT2D eigenvalue weighted by molar-refractivity contribution is 0.413. The van der Waals surface area contributed by atoms with Crippen molar-refractivity contribution in [3.63, 3.8) is 0 Å². The van der Waals surface area contributed by atoms with E-state index in [9.17, 15) is 4.39 Å². The highest BCUT2D eigenvalue weighted by atomic mass is 35.5. The van der Waals surface area contributed by atoms with Gasteiger partial charge in [-0.1, -0.05) is 11.6 Å². The van der Waals surface area contributed by atoms with Crippen molar-refractivity contribution in [2.45, 2.75) is 0 Å². The van der Waals surface area contributed by atoms with Gasteiger partial charge in [0, 0.05) is 12.1 Å². The molecule has 0 bridgehead atoms. The van der Waals surface area contributed by atoms with Crippen molar-refractivity contribution in [3.05, 3.63) is 29.0 Å². The first kappa shape index (κ1) is 7.35. The molecule has 0 aliphatic heterocycles. The molecule has 0 saturated heterocycles. The Hall–Kier alpha value is -0.760. The quantitative estimate of drug-likeness (QED) is 0.611. The molecule has 10 heavy (non-hydrogen) atoms. The fourth-order valence-electron chi connectivity index (χ4n) is 0.551. The molecule has 1 aromatic carbocycles. The van der Waals surface area contributed by atoms with Crippen LogP contribution in [0.25, 0.3) is 0 Å². The van der Waals surface area contributed by atoms with Crippen LogP contribution in [0.1, 0.15) is 0 Å². The fourth-order valence-corrected chi connectivity index (χ4v) is 0.713. The summed E-state index contributed by atoms with van der Waals surface area (Å²) in [6, 6.07) is 5.08. The molecular weight excluding hydrogens is 155 g/mol. The summed E-state index contributed by atoms with van der Waals surface area (Å²) in [4.78, 5) is 0. The van der Waals surface area contributed by atoms with Gasteiger partial charge >= 0.3 is 0 Å². The summed E-state index contributed by atoms with van der Waals surface area (Å²) < 4.78 is 17.2. The third-order valence-corrected chi connectivity index (χ3v) is 1.33. The average Bonchev–Trinajstić information content (AvgIpc) is 1.95. The van der Waals surface area contributed by atoms with Crippen molar-refractivity contribution in [2.75, 3.05) is 7.11 Å². The minimum absolute atomic E-state index is 0.0272. The van der Waals surface area contributed by atoms with Crippen LogP contribution in [0.15, 0.2) is 12.1 Å². The van der Waals surface area contributed by atoms with Crippen molar-refractivity contribution in [1.29, 1.82) is 0 Å². The van der Waals surface area contributed by atoms with Gasteiger partial charge in [-0.3, -0.25) is 0 Å². The Labute approximate surface area is 63.4 Å². The zero-order valence-electron chi connectivity index (χ0n) is 5.32. The first-order valence-electron chi connectivity index (χ1n) is 2.65. The number of hydrogen-bond acceptors (Lipinski definition) is 1. The van der Waals surface area contributed by atoms with E-state index in [0.29, 0.717) is 5.75 Å². The predicted octanol–water partition coefficient (Wildman–Crippen LogP) is 2.29. The van der Waals surface area contributed by atoms with Gasteiger partial charge in [0.25, 0.3) is 0 Å². The summed E-state index contributed by atoms with van der Waals surface area (Å²) in [7, 11) is 1.48. The van der Waals surface area contributed by atoms with Crippen LogP contribution in [0.3, 0.4) is 0 Å². The molecule has 0 unspecified atom stereocenters. The molecule has 0 heterocycles. The lowest BCUT2D eigenvalue weighted by atomic mass is 10.3. The summed E-state index contributed by atoms with van der Waals surface area (Å²) in [6.07, 6.45) is 0. The van der Waals surface area contributed by atoms with Gasteiger partial charge < -0.3 is 4.74 Å². The molecule has 1 rings (SSSR count). The number of hydrogen-bond donors (Lipinski definition) is 0. The Kier molecular flexibility index (Phi) is 2.12. The second-order valence-electron chi connectivity index (χ2n) is 1.70. The molecule has 0 aliphatic carbocycles. The molecule has 0 atom stereocenters. The minimum atomic E-state index is -0.553. The van der Waals surface area contributed by atoms with Crippen LogP contribution >= 0.6 is 11.6 Å². The summed E-state index contributed by atoms with van der Waals surface area (Å²) in [5, 5.41) is 0.0272. The van der Waals surface area contributed by atoms with Crippen LogP contribution in [0.4, 0.5) is 4.39 Å². The summed E-state index contributed by atoms with van der Waals surface area (Å²) >= 11 is 5.41. The Morgan fingerprint density at radius 1 is 1.70 bits per heavy atom. The monoisotopic (exact) mass is 159 g/mol. The molecule has 0 spiro atoms. The van der Waals surface area contributed by atoms with E-state index in [1.807, 2.05) is 0 Å². The number of methoxy groups -OCH3 is 1. The van der Waals surface area contributed by atoms with Gasteiger partial charge in [0.2, 0.25) is 0 Å².